The van der Waals surface area contributed by atoms with Crippen molar-refractivity contribution in [1.82, 2.24) is 0 Å². The van der Waals surface area contributed by atoms with E-state index in [1.54, 1.807) is 23.5 Å². The molecule has 0 bridgehead atoms. The van der Waals surface area contributed by atoms with E-state index in [0.29, 0.717) is 24.5 Å². The van der Waals surface area contributed by atoms with Crippen LogP contribution in [0.2, 0.25) is 24.7 Å². The van der Waals surface area contributed by atoms with Gasteiger partial charge in [-0.2, -0.15) is 23.5 Å². The van der Waals surface area contributed by atoms with Crippen molar-refractivity contribution in [2.45, 2.75) is 160 Å². The van der Waals surface area contributed by atoms with Crippen molar-refractivity contribution in [1.29, 1.82) is 0 Å². The van der Waals surface area contributed by atoms with Gasteiger partial charge in [0, 0.05) is 17.9 Å². The van der Waals surface area contributed by atoms with Gasteiger partial charge in [-0.25, -0.2) is 0 Å². The van der Waals surface area contributed by atoms with Crippen molar-refractivity contribution in [3.8, 4) is 0 Å². The van der Waals surface area contributed by atoms with Crippen LogP contribution in [-0.2, 0) is 19.1 Å². The SMILES string of the molecule is CCCCCCCCCCCCCCCC(=O)OCCCC[Si](C)(CCCSCCC(=O)O)CCCSCCC(=O)O. The maximum absolute atomic E-state index is 12.2. The first-order chi connectivity index (χ1) is 20.3. The van der Waals surface area contributed by atoms with Crippen LogP contribution in [0.5, 0.6) is 0 Å². The largest absolute Gasteiger partial charge is 0.481 e. The lowest BCUT2D eigenvalue weighted by molar-refractivity contribution is -0.144. The number of hydrogen-bond acceptors (Lipinski definition) is 6. The summed E-state index contributed by atoms with van der Waals surface area (Å²) in [6, 6.07) is 3.71. The Balaban J connectivity index is 3.96. The fourth-order valence-corrected chi connectivity index (χ4v) is 11.5. The molecule has 0 heterocycles. The molecule has 0 rings (SSSR count). The number of carbonyl (C=O) groups excluding carboxylic acids is 1. The summed E-state index contributed by atoms with van der Waals surface area (Å²) in [4.78, 5) is 33.6. The highest BCUT2D eigenvalue weighted by atomic mass is 32.2. The van der Waals surface area contributed by atoms with E-state index in [2.05, 4.69) is 13.5 Å². The van der Waals surface area contributed by atoms with E-state index >= 15 is 0 Å². The van der Waals surface area contributed by atoms with Crippen molar-refractivity contribution < 1.29 is 29.3 Å². The number of carboxylic acids is 2. The van der Waals surface area contributed by atoms with Gasteiger partial charge in [0.15, 0.2) is 0 Å². The Morgan fingerprint density at radius 1 is 0.548 bits per heavy atom. The molecule has 0 fully saturated rings. The summed E-state index contributed by atoms with van der Waals surface area (Å²) in [7, 11) is -1.44. The van der Waals surface area contributed by atoms with Crippen LogP contribution in [-0.4, -0.2) is 65.8 Å². The molecular formula is C33H64O6S2Si. The van der Waals surface area contributed by atoms with Crippen LogP contribution < -0.4 is 0 Å². The average molecular weight is 649 g/mol. The van der Waals surface area contributed by atoms with Crippen molar-refractivity contribution in [3.63, 3.8) is 0 Å². The first-order valence-electron chi connectivity index (χ1n) is 17.0. The number of carbonyl (C=O) groups is 3. The minimum atomic E-state index is -1.44. The van der Waals surface area contributed by atoms with Gasteiger partial charge in [0.2, 0.25) is 0 Å². The molecule has 248 valence electrons. The number of thioether (sulfide) groups is 2. The number of rotatable bonds is 33. The van der Waals surface area contributed by atoms with Gasteiger partial charge in [-0.1, -0.05) is 115 Å². The summed E-state index contributed by atoms with van der Waals surface area (Å²) in [5.74, 6) is 1.88. The maximum atomic E-state index is 12.2. The van der Waals surface area contributed by atoms with Gasteiger partial charge >= 0.3 is 17.9 Å². The second-order valence-corrected chi connectivity index (χ2v) is 19.8. The number of esters is 1. The van der Waals surface area contributed by atoms with Crippen molar-refractivity contribution in [3.05, 3.63) is 0 Å². The summed E-state index contributed by atoms with van der Waals surface area (Å²) in [6.45, 7) is 5.28. The summed E-state index contributed by atoms with van der Waals surface area (Å²) in [5, 5.41) is 17.6. The van der Waals surface area contributed by atoms with Gasteiger partial charge in [-0.15, -0.1) is 0 Å². The zero-order valence-corrected chi connectivity index (χ0v) is 29.8. The molecule has 0 radical (unpaired) electrons. The number of unbranched alkanes of at least 4 members (excludes halogenated alkanes) is 13. The molecule has 0 unspecified atom stereocenters. The molecule has 42 heavy (non-hydrogen) atoms. The zero-order chi connectivity index (χ0) is 31.2. The molecule has 6 nitrogen and oxygen atoms in total. The quantitative estimate of drug-likeness (QED) is 0.0412. The molecule has 0 aliphatic carbocycles. The monoisotopic (exact) mass is 648 g/mol. The smallest absolute Gasteiger partial charge is 0.305 e. The van der Waals surface area contributed by atoms with Crippen molar-refractivity contribution in [2.75, 3.05) is 29.6 Å². The van der Waals surface area contributed by atoms with E-state index in [0.717, 1.165) is 50.0 Å². The maximum Gasteiger partial charge on any atom is 0.305 e. The minimum Gasteiger partial charge on any atom is -0.481 e. The molecule has 0 aromatic rings. The Morgan fingerprint density at radius 2 is 0.976 bits per heavy atom. The molecule has 0 saturated heterocycles. The Kier molecular flexibility index (Phi) is 29.9. The molecule has 2 N–H and O–H groups in total. The van der Waals surface area contributed by atoms with E-state index in [4.69, 9.17) is 14.9 Å². The highest BCUT2D eigenvalue weighted by Crippen LogP contribution is 2.28. The zero-order valence-electron chi connectivity index (χ0n) is 27.1. The summed E-state index contributed by atoms with van der Waals surface area (Å²) in [5.41, 5.74) is 0. The lowest BCUT2D eigenvalue weighted by Gasteiger charge is -2.28. The van der Waals surface area contributed by atoms with Crippen LogP contribution >= 0.6 is 23.5 Å². The number of hydrogen-bond donors (Lipinski definition) is 2. The summed E-state index contributed by atoms with van der Waals surface area (Å²) >= 11 is 3.47. The molecule has 0 aromatic carbocycles. The number of carboxylic acid groups (broad SMARTS) is 2. The Morgan fingerprint density at radius 3 is 1.43 bits per heavy atom. The lowest BCUT2D eigenvalue weighted by Crippen LogP contribution is -2.30. The normalized spacial score (nSPS) is 11.6. The van der Waals surface area contributed by atoms with Gasteiger partial charge in [-0.3, -0.25) is 14.4 Å². The van der Waals surface area contributed by atoms with Crippen LogP contribution in [0.3, 0.4) is 0 Å². The van der Waals surface area contributed by atoms with Crippen LogP contribution in [0.15, 0.2) is 0 Å². The molecule has 0 saturated carbocycles. The van der Waals surface area contributed by atoms with E-state index < -0.39 is 20.0 Å². The lowest BCUT2D eigenvalue weighted by atomic mass is 10.0. The van der Waals surface area contributed by atoms with Crippen LogP contribution in [0.4, 0.5) is 0 Å². The molecule has 0 aromatic heterocycles. The molecule has 0 amide bonds. The van der Waals surface area contributed by atoms with Gasteiger partial charge in [0.1, 0.15) is 0 Å². The van der Waals surface area contributed by atoms with E-state index in [1.807, 2.05) is 0 Å². The van der Waals surface area contributed by atoms with Gasteiger partial charge in [-0.05, 0) is 37.2 Å². The van der Waals surface area contributed by atoms with Crippen LogP contribution in [0.1, 0.15) is 135 Å². The number of ether oxygens (including phenoxy) is 1. The Bertz CT molecular complexity index is 638. The predicted molar refractivity (Wildman–Crippen MR) is 185 cm³/mol. The van der Waals surface area contributed by atoms with Gasteiger partial charge in [0.05, 0.1) is 27.5 Å². The molecule has 9 heteroatoms. The van der Waals surface area contributed by atoms with Crippen LogP contribution in [0, 0.1) is 0 Å². The van der Waals surface area contributed by atoms with Crippen molar-refractivity contribution in [2.24, 2.45) is 0 Å². The Labute approximate surface area is 267 Å². The molecule has 0 atom stereocenters. The third-order valence-corrected chi connectivity index (χ3v) is 14.8. The molecule has 0 spiro atoms. The molecule has 0 aliphatic rings. The molecule has 0 aliphatic heterocycles. The molecular weight excluding hydrogens is 585 g/mol. The predicted octanol–water partition coefficient (Wildman–Crippen LogP) is 10.1. The second kappa shape index (κ2) is 30.4. The van der Waals surface area contributed by atoms with Crippen LogP contribution in [0.25, 0.3) is 0 Å². The highest BCUT2D eigenvalue weighted by molar-refractivity contribution is 7.99. The number of aliphatic carboxylic acids is 2. The average Bonchev–Trinajstić information content (AvgIpc) is 2.94. The third kappa shape index (κ3) is 30.8. The van der Waals surface area contributed by atoms with E-state index in [9.17, 15) is 14.4 Å². The van der Waals surface area contributed by atoms with Crippen molar-refractivity contribution >= 4 is 49.5 Å². The summed E-state index contributed by atoms with van der Waals surface area (Å²) in [6.07, 6.45) is 22.2. The fourth-order valence-electron chi connectivity index (χ4n) is 5.30. The van der Waals surface area contributed by atoms with Gasteiger partial charge < -0.3 is 14.9 Å². The topological polar surface area (TPSA) is 101 Å². The summed E-state index contributed by atoms with van der Waals surface area (Å²) < 4.78 is 5.53. The van der Waals surface area contributed by atoms with E-state index in [-0.39, 0.29) is 18.8 Å². The van der Waals surface area contributed by atoms with E-state index in [1.165, 1.54) is 88.8 Å². The third-order valence-electron chi connectivity index (χ3n) is 7.98. The Hall–Kier alpha value is -0.673. The first kappa shape index (κ1) is 41.3. The first-order valence-corrected chi connectivity index (χ1v) is 22.5. The second-order valence-electron chi connectivity index (χ2n) is 12.2. The fraction of sp³-hybridized carbons (Fsp3) is 0.909. The highest BCUT2D eigenvalue weighted by Gasteiger charge is 2.25. The van der Waals surface area contributed by atoms with Gasteiger partial charge in [0.25, 0.3) is 0 Å². The standard InChI is InChI=1S/C33H64O6S2Si/c1-3-4-5-6-7-8-9-10-11-12-13-14-15-20-33(38)39-23-16-17-28-42(2,29-18-24-40-26-21-31(34)35)30-19-25-41-27-22-32(36)37/h3-30H2,1-2H3,(H,34,35)(H,36,37). The minimum absolute atomic E-state index is 0.0464.